The molecule has 0 atom stereocenters. The van der Waals surface area contributed by atoms with E-state index in [-0.39, 0.29) is 12.1 Å². The lowest BCUT2D eigenvalue weighted by Crippen LogP contribution is -2.39. The number of carbonyl (C=O) groups is 2. The molecule has 0 saturated carbocycles. The number of rotatable bonds is 3. The van der Waals surface area contributed by atoms with Crippen LogP contribution in [0, 0.1) is 0 Å². The van der Waals surface area contributed by atoms with Crippen molar-refractivity contribution in [1.82, 2.24) is 14.9 Å². The second-order valence-electron chi connectivity index (χ2n) is 8.80. The van der Waals surface area contributed by atoms with E-state index in [0.29, 0.717) is 18.7 Å². The van der Waals surface area contributed by atoms with E-state index in [1.54, 1.807) is 17.0 Å². The average molecular weight is 434 g/mol. The SMILES string of the molecule is COC(=O)c1ccc(-c2cnc3[nH]cc(C4=CCN(C(=O)OC(C)(C)C)CC4)c3c2)cc1. The van der Waals surface area contributed by atoms with Gasteiger partial charge in [-0.05, 0) is 56.5 Å². The summed E-state index contributed by atoms with van der Waals surface area (Å²) < 4.78 is 10.2. The van der Waals surface area contributed by atoms with Crippen LogP contribution in [-0.2, 0) is 9.47 Å². The first-order valence-electron chi connectivity index (χ1n) is 10.6. The van der Waals surface area contributed by atoms with Crippen LogP contribution >= 0.6 is 0 Å². The molecule has 0 spiro atoms. The molecule has 7 nitrogen and oxygen atoms in total. The molecule has 4 rings (SSSR count). The third-order valence-corrected chi connectivity index (χ3v) is 5.38. The maximum Gasteiger partial charge on any atom is 0.410 e. The monoisotopic (exact) mass is 433 g/mol. The van der Waals surface area contributed by atoms with Crippen LogP contribution in [0.3, 0.4) is 0 Å². The van der Waals surface area contributed by atoms with Gasteiger partial charge in [-0.25, -0.2) is 14.6 Å². The Hall–Kier alpha value is -3.61. The molecule has 166 valence electrons. The predicted molar refractivity (Wildman–Crippen MR) is 123 cm³/mol. The van der Waals surface area contributed by atoms with Crippen molar-refractivity contribution in [2.24, 2.45) is 0 Å². The van der Waals surface area contributed by atoms with Crippen molar-refractivity contribution in [1.29, 1.82) is 0 Å². The van der Waals surface area contributed by atoms with Crippen LogP contribution in [0.15, 0.2) is 48.8 Å². The summed E-state index contributed by atoms with van der Waals surface area (Å²) in [5.41, 5.74) is 5.00. The number of amides is 1. The Morgan fingerprint density at radius 3 is 2.50 bits per heavy atom. The number of nitrogens with one attached hydrogen (secondary N) is 1. The molecule has 0 fully saturated rings. The van der Waals surface area contributed by atoms with Gasteiger partial charge in [0.15, 0.2) is 0 Å². The molecule has 0 aliphatic carbocycles. The van der Waals surface area contributed by atoms with Crippen LogP contribution in [0.1, 0.15) is 43.1 Å². The van der Waals surface area contributed by atoms with E-state index < -0.39 is 5.60 Å². The highest BCUT2D eigenvalue weighted by molar-refractivity contribution is 5.94. The Balaban J connectivity index is 1.57. The molecule has 1 aromatic carbocycles. The third-order valence-electron chi connectivity index (χ3n) is 5.38. The molecule has 7 heteroatoms. The molecule has 0 radical (unpaired) electrons. The average Bonchev–Trinajstić information content (AvgIpc) is 3.21. The quantitative estimate of drug-likeness (QED) is 0.585. The van der Waals surface area contributed by atoms with Gasteiger partial charge in [-0.15, -0.1) is 0 Å². The van der Waals surface area contributed by atoms with Crippen molar-refractivity contribution in [3.63, 3.8) is 0 Å². The Labute approximate surface area is 187 Å². The van der Waals surface area contributed by atoms with E-state index in [1.165, 1.54) is 12.7 Å². The van der Waals surface area contributed by atoms with Crippen molar-refractivity contribution in [2.45, 2.75) is 32.8 Å². The van der Waals surface area contributed by atoms with Crippen LogP contribution in [-0.4, -0.2) is 52.7 Å². The van der Waals surface area contributed by atoms with Crippen molar-refractivity contribution >= 4 is 28.7 Å². The van der Waals surface area contributed by atoms with Crippen LogP contribution < -0.4 is 0 Å². The number of benzene rings is 1. The molecule has 1 aliphatic heterocycles. The number of carbonyl (C=O) groups excluding carboxylic acids is 2. The summed E-state index contributed by atoms with van der Waals surface area (Å²) in [6.07, 6.45) is 6.32. The smallest absolute Gasteiger partial charge is 0.410 e. The van der Waals surface area contributed by atoms with E-state index in [2.05, 4.69) is 22.1 Å². The Bertz CT molecular complexity index is 1190. The second kappa shape index (κ2) is 8.49. The van der Waals surface area contributed by atoms with Gasteiger partial charge in [0, 0.05) is 42.0 Å². The summed E-state index contributed by atoms with van der Waals surface area (Å²) in [6.45, 7) is 6.73. The predicted octanol–water partition coefficient (Wildman–Crippen LogP) is 5.04. The van der Waals surface area contributed by atoms with Gasteiger partial charge in [0.2, 0.25) is 0 Å². The van der Waals surface area contributed by atoms with E-state index >= 15 is 0 Å². The van der Waals surface area contributed by atoms with Gasteiger partial charge in [-0.2, -0.15) is 0 Å². The Morgan fingerprint density at radius 2 is 1.88 bits per heavy atom. The van der Waals surface area contributed by atoms with Gasteiger partial charge in [-0.1, -0.05) is 18.2 Å². The fourth-order valence-electron chi connectivity index (χ4n) is 3.75. The first-order valence-corrected chi connectivity index (χ1v) is 10.6. The van der Waals surface area contributed by atoms with E-state index in [9.17, 15) is 9.59 Å². The molecule has 32 heavy (non-hydrogen) atoms. The summed E-state index contributed by atoms with van der Waals surface area (Å²) >= 11 is 0. The topological polar surface area (TPSA) is 84.5 Å². The summed E-state index contributed by atoms with van der Waals surface area (Å²) in [6, 6.07) is 9.37. The number of hydrogen-bond donors (Lipinski definition) is 1. The van der Waals surface area contributed by atoms with Gasteiger partial charge in [0.1, 0.15) is 11.2 Å². The lowest BCUT2D eigenvalue weighted by atomic mass is 9.98. The summed E-state index contributed by atoms with van der Waals surface area (Å²) in [5.74, 6) is -0.359. The maximum absolute atomic E-state index is 12.3. The van der Waals surface area contributed by atoms with E-state index in [0.717, 1.165) is 34.1 Å². The Kier molecular flexibility index (Phi) is 5.74. The highest BCUT2D eigenvalue weighted by Crippen LogP contribution is 2.31. The van der Waals surface area contributed by atoms with Gasteiger partial charge in [0.25, 0.3) is 0 Å². The maximum atomic E-state index is 12.3. The van der Waals surface area contributed by atoms with Crippen molar-refractivity contribution in [2.75, 3.05) is 20.2 Å². The number of esters is 1. The molecular weight excluding hydrogens is 406 g/mol. The number of ether oxygens (including phenoxy) is 2. The molecule has 0 unspecified atom stereocenters. The van der Waals surface area contributed by atoms with Gasteiger partial charge in [0.05, 0.1) is 12.7 Å². The fourth-order valence-corrected chi connectivity index (χ4v) is 3.75. The molecule has 2 aromatic heterocycles. The molecule has 1 N–H and O–H groups in total. The Morgan fingerprint density at radius 1 is 1.12 bits per heavy atom. The minimum absolute atomic E-state index is 0.286. The van der Waals surface area contributed by atoms with Crippen LogP contribution in [0.4, 0.5) is 4.79 Å². The van der Waals surface area contributed by atoms with E-state index in [4.69, 9.17) is 9.47 Å². The van der Waals surface area contributed by atoms with Crippen LogP contribution in [0.5, 0.6) is 0 Å². The lowest BCUT2D eigenvalue weighted by Gasteiger charge is -2.29. The molecular formula is C25H27N3O4. The number of methoxy groups -OCH3 is 1. The largest absolute Gasteiger partial charge is 0.465 e. The molecule has 1 amide bonds. The molecule has 0 bridgehead atoms. The van der Waals surface area contributed by atoms with Crippen molar-refractivity contribution in [3.05, 3.63) is 59.9 Å². The first kappa shape index (κ1) is 21.6. The first-order chi connectivity index (χ1) is 15.2. The number of pyridine rings is 1. The normalized spacial score (nSPS) is 14.2. The van der Waals surface area contributed by atoms with Crippen LogP contribution in [0.25, 0.3) is 27.7 Å². The minimum atomic E-state index is -0.505. The summed E-state index contributed by atoms with van der Waals surface area (Å²) in [4.78, 5) is 33.5. The number of hydrogen-bond acceptors (Lipinski definition) is 5. The number of H-pyrrole nitrogens is 1. The van der Waals surface area contributed by atoms with Gasteiger partial charge in [-0.3, -0.25) is 0 Å². The fraction of sp³-hybridized carbons (Fsp3) is 0.320. The zero-order valence-corrected chi connectivity index (χ0v) is 18.8. The van der Waals surface area contributed by atoms with Crippen LogP contribution in [0.2, 0.25) is 0 Å². The zero-order valence-electron chi connectivity index (χ0n) is 18.8. The number of nitrogens with zero attached hydrogens (tertiary/aromatic N) is 2. The molecule has 0 saturated heterocycles. The highest BCUT2D eigenvalue weighted by Gasteiger charge is 2.24. The van der Waals surface area contributed by atoms with Crippen molar-refractivity contribution < 1.29 is 19.1 Å². The number of aromatic nitrogens is 2. The number of fused-ring (bicyclic) bond motifs is 1. The highest BCUT2D eigenvalue weighted by atomic mass is 16.6. The molecule has 1 aliphatic rings. The van der Waals surface area contributed by atoms with Crippen molar-refractivity contribution in [3.8, 4) is 11.1 Å². The minimum Gasteiger partial charge on any atom is -0.465 e. The molecule has 3 heterocycles. The third kappa shape index (κ3) is 4.51. The van der Waals surface area contributed by atoms with Gasteiger partial charge < -0.3 is 19.4 Å². The number of aromatic amines is 1. The van der Waals surface area contributed by atoms with Gasteiger partial charge >= 0.3 is 12.1 Å². The molecule has 3 aromatic rings. The second-order valence-corrected chi connectivity index (χ2v) is 8.80. The summed E-state index contributed by atoms with van der Waals surface area (Å²) in [7, 11) is 1.37. The zero-order chi connectivity index (χ0) is 22.9. The standard InChI is InChI=1S/C25H27N3O4/c1-25(2,3)32-24(30)28-11-9-17(10-12-28)21-15-27-22-20(21)13-19(14-26-22)16-5-7-18(8-6-16)23(29)31-4/h5-9,13-15H,10-12H2,1-4H3,(H,26,27). The van der Waals surface area contributed by atoms with E-state index in [1.807, 2.05) is 45.3 Å². The summed E-state index contributed by atoms with van der Waals surface area (Å²) in [5, 5.41) is 1.02. The lowest BCUT2D eigenvalue weighted by molar-refractivity contribution is 0.0270.